The van der Waals surface area contributed by atoms with Gasteiger partial charge in [0.2, 0.25) is 0 Å². The number of rotatable bonds is 12. The second-order valence-electron chi connectivity index (χ2n) is 5.59. The van der Waals surface area contributed by atoms with Crippen LogP contribution in [0.4, 0.5) is 0 Å². The SMILES string of the molecule is SCCCCCCc1ccc(CCCCCCS)cc1. The highest BCUT2D eigenvalue weighted by molar-refractivity contribution is 7.80. The predicted octanol–water partition coefficient (Wildman–Crippen LogP) is 5.75. The van der Waals surface area contributed by atoms with Gasteiger partial charge in [-0.15, -0.1) is 0 Å². The van der Waals surface area contributed by atoms with Gasteiger partial charge in [0.05, 0.1) is 0 Å². The zero-order chi connectivity index (χ0) is 14.5. The average molecular weight is 311 g/mol. The molecule has 1 aromatic carbocycles. The van der Waals surface area contributed by atoms with Gasteiger partial charge in [0.25, 0.3) is 0 Å². The van der Waals surface area contributed by atoms with Gasteiger partial charge < -0.3 is 0 Å². The molecule has 0 bridgehead atoms. The third kappa shape index (κ3) is 8.97. The van der Waals surface area contributed by atoms with Crippen molar-refractivity contribution in [3.05, 3.63) is 35.4 Å². The predicted molar refractivity (Wildman–Crippen MR) is 98.5 cm³/mol. The molecule has 0 aliphatic carbocycles. The van der Waals surface area contributed by atoms with Gasteiger partial charge in [0.15, 0.2) is 0 Å². The molecule has 1 rings (SSSR count). The summed E-state index contributed by atoms with van der Waals surface area (Å²) in [5.41, 5.74) is 2.99. The molecule has 0 aliphatic rings. The third-order valence-corrected chi connectivity index (χ3v) is 4.40. The molecule has 0 N–H and O–H groups in total. The van der Waals surface area contributed by atoms with E-state index >= 15 is 0 Å². The second kappa shape index (κ2) is 12.6. The van der Waals surface area contributed by atoms with Gasteiger partial charge in [-0.3, -0.25) is 0 Å². The first-order valence-corrected chi connectivity index (χ1v) is 9.43. The normalized spacial score (nSPS) is 10.9. The van der Waals surface area contributed by atoms with Crippen molar-refractivity contribution in [2.24, 2.45) is 0 Å². The van der Waals surface area contributed by atoms with E-state index in [1.807, 2.05) is 0 Å². The van der Waals surface area contributed by atoms with Gasteiger partial charge in [-0.25, -0.2) is 0 Å². The zero-order valence-electron chi connectivity index (χ0n) is 12.7. The van der Waals surface area contributed by atoms with Crippen LogP contribution in [0.5, 0.6) is 0 Å². The third-order valence-electron chi connectivity index (χ3n) is 3.77. The van der Waals surface area contributed by atoms with E-state index in [0.29, 0.717) is 0 Å². The highest BCUT2D eigenvalue weighted by atomic mass is 32.1. The minimum absolute atomic E-state index is 1.03. The Morgan fingerprint density at radius 2 is 0.850 bits per heavy atom. The Labute approximate surface area is 136 Å². The minimum atomic E-state index is 1.03. The molecule has 2 heteroatoms. The molecule has 0 unspecified atom stereocenters. The molecule has 0 atom stereocenters. The second-order valence-corrected chi connectivity index (χ2v) is 6.49. The lowest BCUT2D eigenvalue weighted by Gasteiger charge is -2.05. The number of benzene rings is 1. The van der Waals surface area contributed by atoms with E-state index < -0.39 is 0 Å². The summed E-state index contributed by atoms with van der Waals surface area (Å²) < 4.78 is 0. The van der Waals surface area contributed by atoms with Crippen molar-refractivity contribution in [1.82, 2.24) is 0 Å². The molecule has 0 aromatic heterocycles. The van der Waals surface area contributed by atoms with Crippen LogP contribution in [0.2, 0.25) is 0 Å². The molecule has 0 nitrogen and oxygen atoms in total. The lowest BCUT2D eigenvalue weighted by atomic mass is 10.0. The number of aryl methyl sites for hydroxylation is 2. The maximum Gasteiger partial charge on any atom is -0.00979 e. The number of hydrogen-bond acceptors (Lipinski definition) is 2. The van der Waals surface area contributed by atoms with Crippen molar-refractivity contribution in [2.75, 3.05) is 11.5 Å². The summed E-state index contributed by atoms with van der Waals surface area (Å²) in [4.78, 5) is 0. The monoisotopic (exact) mass is 310 g/mol. The molecule has 0 heterocycles. The van der Waals surface area contributed by atoms with Crippen molar-refractivity contribution in [3.63, 3.8) is 0 Å². The first kappa shape index (κ1) is 18.0. The molecule has 114 valence electrons. The van der Waals surface area contributed by atoms with Gasteiger partial charge in [0, 0.05) is 0 Å². The Balaban J connectivity index is 2.13. The molecule has 0 fully saturated rings. The van der Waals surface area contributed by atoms with Gasteiger partial charge in [0.1, 0.15) is 0 Å². The van der Waals surface area contributed by atoms with E-state index in [9.17, 15) is 0 Å². The molecule has 0 saturated carbocycles. The van der Waals surface area contributed by atoms with Crippen molar-refractivity contribution >= 4 is 25.3 Å². The first-order valence-electron chi connectivity index (χ1n) is 8.16. The van der Waals surface area contributed by atoms with Crippen LogP contribution in [-0.4, -0.2) is 11.5 Å². The maximum absolute atomic E-state index is 4.25. The minimum Gasteiger partial charge on any atom is -0.179 e. The van der Waals surface area contributed by atoms with E-state index in [4.69, 9.17) is 0 Å². The van der Waals surface area contributed by atoms with Crippen molar-refractivity contribution in [1.29, 1.82) is 0 Å². The quantitative estimate of drug-likeness (QED) is 0.356. The van der Waals surface area contributed by atoms with Gasteiger partial charge in [-0.05, 0) is 61.2 Å². The van der Waals surface area contributed by atoms with Crippen LogP contribution in [0.25, 0.3) is 0 Å². The van der Waals surface area contributed by atoms with Crippen LogP contribution in [-0.2, 0) is 12.8 Å². The Morgan fingerprint density at radius 1 is 0.500 bits per heavy atom. The summed E-state index contributed by atoms with van der Waals surface area (Å²) in [5, 5.41) is 0. The van der Waals surface area contributed by atoms with Gasteiger partial charge in [-0.2, -0.15) is 25.3 Å². The lowest BCUT2D eigenvalue weighted by Crippen LogP contribution is -1.90. The fourth-order valence-corrected chi connectivity index (χ4v) is 2.91. The number of unbranched alkanes of at least 4 members (excludes halogenated alkanes) is 6. The van der Waals surface area contributed by atoms with Crippen LogP contribution in [0.15, 0.2) is 24.3 Å². The Kier molecular flexibility index (Phi) is 11.4. The summed E-state index contributed by atoms with van der Waals surface area (Å²) in [5.74, 6) is 2.06. The molecule has 0 saturated heterocycles. The topological polar surface area (TPSA) is 0 Å². The van der Waals surface area contributed by atoms with E-state index in [0.717, 1.165) is 11.5 Å². The Bertz CT molecular complexity index is 286. The first-order chi connectivity index (χ1) is 9.86. The van der Waals surface area contributed by atoms with E-state index in [-0.39, 0.29) is 0 Å². The van der Waals surface area contributed by atoms with Crippen LogP contribution < -0.4 is 0 Å². The van der Waals surface area contributed by atoms with E-state index in [1.54, 1.807) is 0 Å². The number of thiol groups is 2. The van der Waals surface area contributed by atoms with E-state index in [2.05, 4.69) is 49.5 Å². The van der Waals surface area contributed by atoms with Crippen LogP contribution in [0, 0.1) is 0 Å². The Hall–Kier alpha value is -0.0800. The number of hydrogen-bond donors (Lipinski definition) is 2. The van der Waals surface area contributed by atoms with Gasteiger partial charge >= 0.3 is 0 Å². The Morgan fingerprint density at radius 3 is 1.20 bits per heavy atom. The maximum atomic E-state index is 4.25. The fourth-order valence-electron chi connectivity index (χ4n) is 2.46. The van der Waals surface area contributed by atoms with Crippen LogP contribution in [0.1, 0.15) is 62.5 Å². The molecular formula is C18H30S2. The van der Waals surface area contributed by atoms with Crippen LogP contribution in [0.3, 0.4) is 0 Å². The highest BCUT2D eigenvalue weighted by Crippen LogP contribution is 2.12. The highest BCUT2D eigenvalue weighted by Gasteiger charge is 1.97. The molecule has 0 radical (unpaired) electrons. The smallest absolute Gasteiger partial charge is 0.00979 e. The van der Waals surface area contributed by atoms with Crippen molar-refractivity contribution in [3.8, 4) is 0 Å². The molecule has 20 heavy (non-hydrogen) atoms. The molecule has 1 aromatic rings. The summed E-state index contributed by atoms with van der Waals surface area (Å²) in [6.45, 7) is 0. The summed E-state index contributed by atoms with van der Waals surface area (Å²) >= 11 is 8.49. The average Bonchev–Trinajstić information content (AvgIpc) is 2.48. The summed E-state index contributed by atoms with van der Waals surface area (Å²) in [6, 6.07) is 9.28. The largest absolute Gasteiger partial charge is 0.179 e. The molecule has 0 aliphatic heterocycles. The fraction of sp³-hybridized carbons (Fsp3) is 0.667. The van der Waals surface area contributed by atoms with E-state index in [1.165, 1.54) is 75.3 Å². The lowest BCUT2D eigenvalue weighted by molar-refractivity contribution is 0.667. The van der Waals surface area contributed by atoms with Crippen molar-refractivity contribution in [2.45, 2.75) is 64.2 Å². The van der Waals surface area contributed by atoms with Crippen LogP contribution >= 0.6 is 25.3 Å². The molecule has 0 spiro atoms. The zero-order valence-corrected chi connectivity index (χ0v) is 14.5. The van der Waals surface area contributed by atoms with Crippen molar-refractivity contribution < 1.29 is 0 Å². The summed E-state index contributed by atoms with van der Waals surface area (Å²) in [6.07, 6.45) is 12.9. The summed E-state index contributed by atoms with van der Waals surface area (Å²) in [7, 11) is 0. The standard InChI is InChI=1S/C18H30S2/c19-15-7-3-1-5-9-17-11-13-18(14-12-17)10-6-2-4-8-16-20/h11-14,19-20H,1-10,15-16H2. The molecular weight excluding hydrogens is 280 g/mol. The van der Waals surface area contributed by atoms with Gasteiger partial charge in [-0.1, -0.05) is 49.9 Å². The molecule has 0 amide bonds.